The van der Waals surface area contributed by atoms with E-state index in [9.17, 15) is 4.79 Å². The van der Waals surface area contributed by atoms with Crippen LogP contribution in [-0.2, 0) is 4.79 Å². The van der Waals surface area contributed by atoms with E-state index in [0.717, 1.165) is 26.2 Å². The number of aromatic amines is 1. The van der Waals surface area contributed by atoms with Gasteiger partial charge in [0.05, 0.1) is 6.20 Å². The number of quaternary nitrogens is 1. The van der Waals surface area contributed by atoms with Crippen LogP contribution in [0.4, 0.5) is 5.82 Å². The average Bonchev–Trinajstić information content (AvgIpc) is 2.57. The molecule has 1 aromatic rings. The Bertz CT molecular complexity index is 465. The first-order chi connectivity index (χ1) is 10.8. The highest BCUT2D eigenvalue weighted by Gasteiger charge is 2.27. The maximum absolute atomic E-state index is 12.2. The summed E-state index contributed by atoms with van der Waals surface area (Å²) < 4.78 is 0. The lowest BCUT2D eigenvalue weighted by molar-refractivity contribution is -0.892. The highest BCUT2D eigenvalue weighted by atomic mass is 16.2. The second-order valence-electron chi connectivity index (χ2n) is 6.56. The minimum atomic E-state index is 0.238. The fourth-order valence-electron chi connectivity index (χ4n) is 3.57. The minimum absolute atomic E-state index is 0.238. The average molecular weight is 304 g/mol. The summed E-state index contributed by atoms with van der Waals surface area (Å²) in [5, 5.41) is 3.23. The summed E-state index contributed by atoms with van der Waals surface area (Å²) in [5.74, 6) is 1.41. The summed E-state index contributed by atoms with van der Waals surface area (Å²) >= 11 is 0. The third-order valence-electron chi connectivity index (χ3n) is 4.88. The molecule has 0 atom stereocenters. The first kappa shape index (κ1) is 15.3. The third-order valence-corrected chi connectivity index (χ3v) is 4.88. The van der Waals surface area contributed by atoms with Crippen LogP contribution >= 0.6 is 0 Å². The number of pyridine rings is 1. The van der Waals surface area contributed by atoms with Gasteiger partial charge in [-0.05, 0) is 18.9 Å². The van der Waals surface area contributed by atoms with Crippen LogP contribution in [0.5, 0.6) is 0 Å². The summed E-state index contributed by atoms with van der Waals surface area (Å²) in [6, 6.07) is 6.60. The van der Waals surface area contributed by atoms with E-state index in [4.69, 9.17) is 0 Å². The minimum Gasteiger partial charge on any atom is -0.348 e. The second kappa shape index (κ2) is 7.58. The zero-order valence-corrected chi connectivity index (χ0v) is 13.3. The van der Waals surface area contributed by atoms with Gasteiger partial charge in [0.2, 0.25) is 0 Å². The molecular weight excluding hydrogens is 276 g/mol. The summed E-state index contributed by atoms with van der Waals surface area (Å²) in [6.45, 7) is 4.70. The fourth-order valence-corrected chi connectivity index (χ4v) is 3.57. The Kier molecular flexibility index (Phi) is 5.27. The van der Waals surface area contributed by atoms with Crippen LogP contribution in [0.2, 0.25) is 0 Å². The molecule has 2 aliphatic rings. The van der Waals surface area contributed by atoms with Crippen molar-refractivity contribution < 1.29 is 14.7 Å². The van der Waals surface area contributed by atoms with Gasteiger partial charge in [0.1, 0.15) is 26.2 Å². The van der Waals surface area contributed by atoms with Gasteiger partial charge in [0.25, 0.3) is 11.7 Å². The van der Waals surface area contributed by atoms with Gasteiger partial charge in [-0.2, -0.15) is 0 Å². The highest BCUT2D eigenvalue weighted by molar-refractivity contribution is 5.77. The smallest absolute Gasteiger partial charge is 0.275 e. The van der Waals surface area contributed by atoms with E-state index in [1.54, 1.807) is 0 Å². The van der Waals surface area contributed by atoms with Crippen molar-refractivity contribution in [1.29, 1.82) is 0 Å². The molecule has 1 aliphatic carbocycles. The maximum Gasteiger partial charge on any atom is 0.275 e. The van der Waals surface area contributed by atoms with Crippen molar-refractivity contribution in [3.63, 3.8) is 0 Å². The molecule has 3 N–H and O–H groups in total. The van der Waals surface area contributed by atoms with E-state index in [0.29, 0.717) is 12.6 Å². The van der Waals surface area contributed by atoms with Crippen LogP contribution in [-0.4, -0.2) is 44.7 Å². The van der Waals surface area contributed by atoms with Crippen molar-refractivity contribution in [2.45, 2.75) is 38.1 Å². The summed E-state index contributed by atoms with van der Waals surface area (Å²) in [7, 11) is 0. The van der Waals surface area contributed by atoms with Crippen molar-refractivity contribution in [3.05, 3.63) is 24.4 Å². The molecule has 22 heavy (non-hydrogen) atoms. The van der Waals surface area contributed by atoms with Crippen molar-refractivity contribution >= 4 is 11.7 Å². The molecule has 2 fully saturated rings. The monoisotopic (exact) mass is 304 g/mol. The molecule has 1 aromatic heterocycles. The molecule has 120 valence electrons. The normalized spacial score (nSPS) is 20.8. The second-order valence-corrected chi connectivity index (χ2v) is 6.56. The van der Waals surface area contributed by atoms with Gasteiger partial charge in [-0.1, -0.05) is 25.3 Å². The van der Waals surface area contributed by atoms with Crippen LogP contribution in [0.3, 0.4) is 0 Å². The topological polar surface area (TPSA) is 50.9 Å². The van der Waals surface area contributed by atoms with E-state index >= 15 is 0 Å². The third kappa shape index (κ3) is 4.19. The summed E-state index contributed by atoms with van der Waals surface area (Å²) in [4.78, 5) is 19.2. The van der Waals surface area contributed by atoms with E-state index in [2.05, 4.69) is 27.3 Å². The number of hydrogen-bond acceptors (Lipinski definition) is 2. The highest BCUT2D eigenvalue weighted by Crippen LogP contribution is 2.17. The Labute approximate surface area is 132 Å². The lowest BCUT2D eigenvalue weighted by atomic mass is 9.95. The Morgan fingerprint density at radius 2 is 2.00 bits per heavy atom. The van der Waals surface area contributed by atoms with E-state index in [-0.39, 0.29) is 5.91 Å². The molecule has 3 rings (SSSR count). The van der Waals surface area contributed by atoms with Crippen molar-refractivity contribution in [2.75, 3.05) is 37.6 Å². The molecule has 2 heterocycles. The Morgan fingerprint density at radius 3 is 2.68 bits per heavy atom. The lowest BCUT2D eigenvalue weighted by Gasteiger charge is -2.29. The number of hydrogen-bond donors (Lipinski definition) is 2. The van der Waals surface area contributed by atoms with E-state index in [1.807, 2.05) is 12.3 Å². The molecule has 0 spiro atoms. The van der Waals surface area contributed by atoms with Crippen molar-refractivity contribution in [3.8, 4) is 0 Å². The summed E-state index contributed by atoms with van der Waals surface area (Å²) in [6.07, 6.45) is 8.16. The Hall–Kier alpha value is -1.62. The number of carbonyl (C=O) groups excluding carboxylic acids is 1. The van der Waals surface area contributed by atoms with Crippen LogP contribution in [0, 0.1) is 0 Å². The van der Waals surface area contributed by atoms with Gasteiger partial charge in [0, 0.05) is 12.1 Å². The van der Waals surface area contributed by atoms with Gasteiger partial charge >= 0.3 is 0 Å². The molecule has 1 amide bonds. The number of nitrogens with one attached hydrogen (secondary N) is 3. The maximum atomic E-state index is 12.2. The number of carbonyl (C=O) groups is 1. The quantitative estimate of drug-likeness (QED) is 0.799. The van der Waals surface area contributed by atoms with Crippen molar-refractivity contribution in [1.82, 2.24) is 5.32 Å². The van der Waals surface area contributed by atoms with Gasteiger partial charge in [-0.15, -0.1) is 0 Å². The number of H-pyrrole nitrogens is 1. The summed E-state index contributed by atoms with van der Waals surface area (Å²) in [5.41, 5.74) is 0. The van der Waals surface area contributed by atoms with Crippen LogP contribution in [0.15, 0.2) is 24.4 Å². The fraction of sp³-hybridized carbons (Fsp3) is 0.647. The number of amides is 1. The molecule has 0 radical (unpaired) electrons. The van der Waals surface area contributed by atoms with E-state index in [1.165, 1.54) is 42.8 Å². The number of piperazine rings is 1. The predicted octanol–water partition coefficient (Wildman–Crippen LogP) is -0.345. The predicted molar refractivity (Wildman–Crippen MR) is 85.8 cm³/mol. The standard InChI is InChI=1S/C17H26N4O/c22-17(19-15-6-2-1-3-7-15)14-20-10-12-21(13-11-20)16-8-4-5-9-18-16/h4-5,8-9,15H,1-3,6-7,10-14H2,(H,19,22)/p+2. The van der Waals surface area contributed by atoms with E-state index < -0.39 is 0 Å². The Balaban J connectivity index is 1.41. The molecule has 0 aromatic carbocycles. The number of nitrogens with zero attached hydrogens (tertiary/aromatic N) is 1. The molecule has 0 unspecified atom stereocenters. The molecule has 1 saturated heterocycles. The molecule has 1 saturated carbocycles. The number of aromatic nitrogens is 1. The molecular formula is C17H28N4O+2. The molecule has 5 nitrogen and oxygen atoms in total. The number of anilines is 1. The largest absolute Gasteiger partial charge is 0.348 e. The first-order valence-electron chi connectivity index (χ1n) is 8.66. The Morgan fingerprint density at radius 1 is 1.23 bits per heavy atom. The van der Waals surface area contributed by atoms with Gasteiger partial charge in [-0.3, -0.25) is 9.69 Å². The van der Waals surface area contributed by atoms with Gasteiger partial charge < -0.3 is 10.2 Å². The van der Waals surface area contributed by atoms with Gasteiger partial charge in [-0.25, -0.2) is 4.98 Å². The van der Waals surface area contributed by atoms with Crippen molar-refractivity contribution in [2.24, 2.45) is 0 Å². The molecule has 1 aliphatic heterocycles. The van der Waals surface area contributed by atoms with Gasteiger partial charge in [0.15, 0.2) is 6.54 Å². The zero-order valence-electron chi connectivity index (χ0n) is 13.3. The zero-order chi connectivity index (χ0) is 15.2. The molecule has 5 heteroatoms. The van der Waals surface area contributed by atoms with Crippen LogP contribution in [0.25, 0.3) is 0 Å². The first-order valence-corrected chi connectivity index (χ1v) is 8.66. The number of rotatable bonds is 4. The lowest BCUT2D eigenvalue weighted by Crippen LogP contribution is -3.16. The van der Waals surface area contributed by atoms with Crippen LogP contribution < -0.4 is 20.1 Å². The SMILES string of the molecule is O=C(C[NH+]1CCN(c2cccc[nH+]2)CC1)NC1CCCCC1. The molecule has 0 bridgehead atoms. The van der Waals surface area contributed by atoms with Crippen LogP contribution in [0.1, 0.15) is 32.1 Å².